The second-order valence-corrected chi connectivity index (χ2v) is 6.12. The number of piperidine rings is 1. The van der Waals surface area contributed by atoms with Crippen molar-refractivity contribution in [2.24, 2.45) is 0 Å². The Morgan fingerprint density at radius 3 is 2.83 bits per heavy atom. The van der Waals surface area contributed by atoms with Crippen LogP contribution in [0.2, 0.25) is 5.02 Å². The quantitative estimate of drug-likeness (QED) is 0.881. The lowest BCUT2D eigenvalue weighted by atomic mass is 10.1. The number of ether oxygens (including phenoxy) is 1. The van der Waals surface area contributed by atoms with Gasteiger partial charge in [-0.1, -0.05) is 23.7 Å². The van der Waals surface area contributed by atoms with Crippen molar-refractivity contribution in [3.63, 3.8) is 0 Å². The highest BCUT2D eigenvalue weighted by Crippen LogP contribution is 2.22. The normalized spacial score (nSPS) is 15.6. The summed E-state index contributed by atoms with van der Waals surface area (Å²) in [6.07, 6.45) is 2.19. The second kappa shape index (κ2) is 7.73. The minimum atomic E-state index is 0.439. The van der Waals surface area contributed by atoms with Crippen LogP contribution in [0.25, 0.3) is 11.4 Å². The molecule has 0 atom stereocenters. The third kappa shape index (κ3) is 4.41. The first kappa shape index (κ1) is 16.2. The molecular weight excluding hydrogens is 312 g/mol. The first-order valence-corrected chi connectivity index (χ1v) is 8.22. The van der Waals surface area contributed by atoms with Gasteiger partial charge in [-0.2, -0.15) is 0 Å². The summed E-state index contributed by atoms with van der Waals surface area (Å²) in [5, 5.41) is 7.57. The lowest BCUT2D eigenvalue weighted by molar-refractivity contribution is 0.181. The maximum absolute atomic E-state index is 6.09. The summed E-state index contributed by atoms with van der Waals surface area (Å²) in [6.45, 7) is 2.53. The first-order chi connectivity index (χ1) is 11.2. The van der Waals surface area contributed by atoms with Gasteiger partial charge in [0, 0.05) is 29.8 Å². The highest BCUT2D eigenvalue weighted by molar-refractivity contribution is 6.30. The average Bonchev–Trinajstić information content (AvgIpc) is 2.56. The van der Waals surface area contributed by atoms with E-state index >= 15 is 0 Å². The van der Waals surface area contributed by atoms with Gasteiger partial charge in [-0.3, -0.25) is 0 Å². The average molecular weight is 333 g/mol. The lowest BCUT2D eigenvalue weighted by Gasteiger charge is -2.24. The summed E-state index contributed by atoms with van der Waals surface area (Å²) in [4.78, 5) is 9.24. The van der Waals surface area contributed by atoms with Gasteiger partial charge in [-0.15, -0.1) is 0 Å². The minimum absolute atomic E-state index is 0.439. The van der Waals surface area contributed by atoms with Crippen LogP contribution in [0, 0.1) is 0 Å². The molecule has 0 radical (unpaired) electrons. The lowest BCUT2D eigenvalue weighted by Crippen LogP contribution is -2.35. The van der Waals surface area contributed by atoms with Crippen molar-refractivity contribution in [2.75, 3.05) is 25.5 Å². The van der Waals surface area contributed by atoms with Crippen LogP contribution in [-0.4, -0.2) is 36.2 Å². The van der Waals surface area contributed by atoms with Crippen molar-refractivity contribution in [1.82, 2.24) is 15.3 Å². The zero-order valence-corrected chi connectivity index (χ0v) is 13.9. The fraction of sp³-hybridized carbons (Fsp3) is 0.412. The molecule has 1 aromatic heterocycles. The number of nitrogens with zero attached hydrogens (tertiary/aromatic N) is 2. The minimum Gasteiger partial charge on any atom is -0.378 e. The molecule has 3 rings (SSSR count). The van der Waals surface area contributed by atoms with Gasteiger partial charge in [-0.05, 0) is 38.1 Å². The molecule has 0 saturated carbocycles. The van der Waals surface area contributed by atoms with Gasteiger partial charge < -0.3 is 15.4 Å². The SMILES string of the molecule is COCc1cc(NC2CCNCC2)nc(-c2cccc(Cl)c2)n1. The van der Waals surface area contributed by atoms with Gasteiger partial charge >= 0.3 is 0 Å². The molecule has 1 aromatic carbocycles. The Bertz CT molecular complexity index is 659. The molecule has 23 heavy (non-hydrogen) atoms. The number of rotatable bonds is 5. The zero-order valence-electron chi connectivity index (χ0n) is 13.2. The Hall–Kier alpha value is -1.69. The van der Waals surface area contributed by atoms with E-state index in [2.05, 4.69) is 20.6 Å². The number of aromatic nitrogens is 2. The van der Waals surface area contributed by atoms with Gasteiger partial charge in [-0.25, -0.2) is 9.97 Å². The zero-order chi connectivity index (χ0) is 16.1. The van der Waals surface area contributed by atoms with E-state index in [1.807, 2.05) is 30.3 Å². The molecule has 6 heteroatoms. The molecule has 0 unspecified atom stereocenters. The maximum atomic E-state index is 6.09. The van der Waals surface area contributed by atoms with E-state index in [1.54, 1.807) is 7.11 Å². The summed E-state index contributed by atoms with van der Waals surface area (Å²) in [7, 11) is 1.67. The van der Waals surface area contributed by atoms with E-state index in [4.69, 9.17) is 16.3 Å². The van der Waals surface area contributed by atoms with E-state index in [1.165, 1.54) is 0 Å². The molecule has 0 bridgehead atoms. The molecule has 0 spiro atoms. The predicted octanol–water partition coefficient (Wildman–Crippen LogP) is 3.11. The van der Waals surface area contributed by atoms with E-state index < -0.39 is 0 Å². The maximum Gasteiger partial charge on any atom is 0.161 e. The second-order valence-electron chi connectivity index (χ2n) is 5.68. The Morgan fingerprint density at radius 1 is 1.26 bits per heavy atom. The topological polar surface area (TPSA) is 59.1 Å². The summed E-state index contributed by atoms with van der Waals surface area (Å²) < 4.78 is 5.23. The fourth-order valence-electron chi connectivity index (χ4n) is 2.73. The van der Waals surface area contributed by atoms with Crippen LogP contribution >= 0.6 is 11.6 Å². The molecular formula is C17H21ClN4O. The number of hydrogen-bond donors (Lipinski definition) is 2. The molecule has 2 heterocycles. The third-order valence-corrected chi connectivity index (χ3v) is 4.08. The van der Waals surface area contributed by atoms with Gasteiger partial charge in [0.1, 0.15) is 5.82 Å². The molecule has 122 valence electrons. The smallest absolute Gasteiger partial charge is 0.161 e. The summed E-state index contributed by atoms with van der Waals surface area (Å²) >= 11 is 6.09. The molecule has 1 fully saturated rings. The molecule has 2 N–H and O–H groups in total. The molecule has 1 aliphatic rings. The summed E-state index contributed by atoms with van der Waals surface area (Å²) in [5.41, 5.74) is 1.76. The third-order valence-electron chi connectivity index (χ3n) is 3.85. The standard InChI is InChI=1S/C17H21ClN4O/c1-23-11-15-10-16(20-14-5-7-19-8-6-14)22-17(21-15)12-3-2-4-13(18)9-12/h2-4,9-10,14,19H,5-8,11H2,1H3,(H,20,21,22). The van der Waals surface area contributed by atoms with Gasteiger partial charge in [0.25, 0.3) is 0 Å². The van der Waals surface area contributed by atoms with Crippen LogP contribution in [0.4, 0.5) is 5.82 Å². The van der Waals surface area contributed by atoms with E-state index in [0.717, 1.165) is 43.0 Å². The molecule has 0 amide bonds. The van der Waals surface area contributed by atoms with Gasteiger partial charge in [0.05, 0.1) is 12.3 Å². The number of halogens is 1. The Morgan fingerprint density at radius 2 is 2.09 bits per heavy atom. The van der Waals surface area contributed by atoms with Crippen molar-refractivity contribution in [3.05, 3.63) is 41.0 Å². The van der Waals surface area contributed by atoms with Gasteiger partial charge in [0.15, 0.2) is 5.82 Å². The number of hydrogen-bond acceptors (Lipinski definition) is 5. The van der Waals surface area contributed by atoms with Crippen molar-refractivity contribution in [1.29, 1.82) is 0 Å². The number of methoxy groups -OCH3 is 1. The van der Waals surface area contributed by atoms with Crippen molar-refractivity contribution in [3.8, 4) is 11.4 Å². The molecule has 5 nitrogen and oxygen atoms in total. The van der Waals surface area contributed by atoms with Crippen LogP contribution in [0.1, 0.15) is 18.5 Å². The van der Waals surface area contributed by atoms with Crippen molar-refractivity contribution in [2.45, 2.75) is 25.5 Å². The number of nitrogens with one attached hydrogen (secondary N) is 2. The van der Waals surface area contributed by atoms with Crippen molar-refractivity contribution < 1.29 is 4.74 Å². The van der Waals surface area contributed by atoms with Gasteiger partial charge in [0.2, 0.25) is 0 Å². The van der Waals surface area contributed by atoms with E-state index in [9.17, 15) is 0 Å². The number of anilines is 1. The predicted molar refractivity (Wildman–Crippen MR) is 92.7 cm³/mol. The Balaban J connectivity index is 1.89. The van der Waals surface area contributed by atoms with Crippen LogP contribution in [0.5, 0.6) is 0 Å². The fourth-order valence-corrected chi connectivity index (χ4v) is 2.92. The van der Waals surface area contributed by atoms with Crippen LogP contribution in [-0.2, 0) is 11.3 Å². The van der Waals surface area contributed by atoms with Crippen LogP contribution in [0.15, 0.2) is 30.3 Å². The van der Waals surface area contributed by atoms with Crippen LogP contribution < -0.4 is 10.6 Å². The summed E-state index contributed by atoms with van der Waals surface area (Å²) in [6, 6.07) is 9.99. The van der Waals surface area contributed by atoms with Crippen molar-refractivity contribution >= 4 is 17.4 Å². The highest BCUT2D eigenvalue weighted by Gasteiger charge is 2.15. The highest BCUT2D eigenvalue weighted by atomic mass is 35.5. The van der Waals surface area contributed by atoms with Crippen LogP contribution in [0.3, 0.4) is 0 Å². The summed E-state index contributed by atoms with van der Waals surface area (Å²) in [5.74, 6) is 1.51. The molecule has 1 aliphatic heterocycles. The molecule has 0 aliphatic carbocycles. The van der Waals surface area contributed by atoms with E-state index in [-0.39, 0.29) is 0 Å². The number of benzene rings is 1. The Kier molecular flexibility index (Phi) is 5.43. The first-order valence-electron chi connectivity index (χ1n) is 7.84. The largest absolute Gasteiger partial charge is 0.378 e. The Labute approximate surface area is 141 Å². The monoisotopic (exact) mass is 332 g/mol. The molecule has 1 saturated heterocycles. The molecule has 2 aromatic rings. The van der Waals surface area contributed by atoms with E-state index in [0.29, 0.717) is 23.5 Å².